The number of hydrazine groups is 1. The molecule has 7 nitrogen and oxygen atoms in total. The summed E-state index contributed by atoms with van der Waals surface area (Å²) in [5, 5.41) is 1.34. The van der Waals surface area contributed by atoms with E-state index in [9.17, 15) is 9.36 Å². The Hall–Kier alpha value is -1.71. The maximum atomic E-state index is 13.8. The zero-order valence-electron chi connectivity index (χ0n) is 18.4. The number of piperazine rings is 1. The van der Waals surface area contributed by atoms with E-state index in [1.165, 1.54) is 0 Å². The zero-order valence-corrected chi connectivity index (χ0v) is 19.3. The first-order chi connectivity index (χ1) is 13.4. The molecular formula is C21H33N4O3P. The maximum Gasteiger partial charge on any atom is 0.277 e. The van der Waals surface area contributed by atoms with Crippen LogP contribution >= 0.6 is 7.52 Å². The van der Waals surface area contributed by atoms with Crippen molar-refractivity contribution in [3.8, 4) is 0 Å². The Morgan fingerprint density at radius 1 is 1.17 bits per heavy atom. The molecule has 0 aliphatic carbocycles. The molecule has 0 saturated carbocycles. The van der Waals surface area contributed by atoms with Gasteiger partial charge in [0.25, 0.3) is 13.4 Å². The molecule has 0 aromatic heterocycles. The number of nitrogens with zero attached hydrogens (tertiary/aromatic N) is 3. The van der Waals surface area contributed by atoms with E-state index in [1.807, 2.05) is 30.5 Å². The summed E-state index contributed by atoms with van der Waals surface area (Å²) in [6.45, 7) is 21.7. The molecule has 0 spiro atoms. The Morgan fingerprint density at radius 3 is 2.31 bits per heavy atom. The fourth-order valence-electron chi connectivity index (χ4n) is 2.98. The van der Waals surface area contributed by atoms with E-state index in [0.29, 0.717) is 44.0 Å². The molecule has 1 aliphatic heterocycles. The summed E-state index contributed by atoms with van der Waals surface area (Å²) in [5.74, 6) is -0.244. The fraction of sp³-hybridized carbons (Fsp3) is 0.619. The number of amides is 1. The molecule has 1 aromatic carbocycles. The van der Waals surface area contributed by atoms with Crippen LogP contribution in [-0.2, 0) is 9.09 Å². The number of carbonyl (C=O) groups is 1. The summed E-state index contributed by atoms with van der Waals surface area (Å²) < 4.78 is 21.8. The number of hydrogen-bond acceptors (Lipinski definition) is 4. The second kappa shape index (κ2) is 8.97. The van der Waals surface area contributed by atoms with Crippen molar-refractivity contribution < 1.29 is 13.9 Å². The van der Waals surface area contributed by atoms with Crippen LogP contribution in [-0.4, -0.2) is 53.5 Å². The summed E-state index contributed by atoms with van der Waals surface area (Å²) in [6, 6.07) is 6.64. The summed E-state index contributed by atoms with van der Waals surface area (Å²) in [6.07, 6.45) is 0. The van der Waals surface area contributed by atoms with Gasteiger partial charge in [-0.15, -0.1) is 0 Å². The van der Waals surface area contributed by atoms with E-state index in [2.05, 4.69) is 31.0 Å². The fourth-order valence-corrected chi connectivity index (χ4v) is 5.64. The van der Waals surface area contributed by atoms with Crippen molar-refractivity contribution in [2.24, 2.45) is 5.41 Å². The average molecular weight is 420 g/mol. The van der Waals surface area contributed by atoms with Crippen LogP contribution in [0.25, 0.3) is 4.85 Å². The lowest BCUT2D eigenvalue weighted by Crippen LogP contribution is -2.53. The average Bonchev–Trinajstić information content (AvgIpc) is 2.65. The van der Waals surface area contributed by atoms with Gasteiger partial charge in [0.2, 0.25) is 0 Å². The number of hydrogen-bond donors (Lipinski definition) is 1. The molecule has 1 unspecified atom stereocenters. The Bertz CT molecular complexity index is 812. The molecule has 0 bridgehead atoms. The van der Waals surface area contributed by atoms with Crippen molar-refractivity contribution >= 4 is 19.1 Å². The van der Waals surface area contributed by atoms with Crippen molar-refractivity contribution in [3.63, 3.8) is 0 Å². The molecule has 1 fully saturated rings. The summed E-state index contributed by atoms with van der Waals surface area (Å²) in [5.41, 5.74) is 3.70. The van der Waals surface area contributed by atoms with Crippen LogP contribution in [0.3, 0.4) is 0 Å². The molecule has 0 radical (unpaired) electrons. The largest absolute Gasteiger partial charge is 0.316 e. The molecule has 1 amide bonds. The first kappa shape index (κ1) is 23.6. The topological polar surface area (TPSA) is 66.2 Å². The molecule has 1 saturated heterocycles. The summed E-state index contributed by atoms with van der Waals surface area (Å²) in [4.78, 5) is 15.8. The SMILES string of the molecule is [C-]#[N+]c1cccc(C(=O)NN2CCN(P(=O)(OCC(C)(C)C)C(C)(C)C)CC2)c1. The Morgan fingerprint density at radius 2 is 1.79 bits per heavy atom. The molecule has 1 heterocycles. The first-order valence-corrected chi connectivity index (χ1v) is 11.5. The van der Waals surface area contributed by atoms with Crippen LogP contribution in [0.5, 0.6) is 0 Å². The molecule has 1 N–H and O–H groups in total. The van der Waals surface area contributed by atoms with Crippen molar-refractivity contribution in [1.82, 2.24) is 15.1 Å². The third-order valence-electron chi connectivity index (χ3n) is 4.65. The van der Waals surface area contributed by atoms with Gasteiger partial charge in [0.15, 0.2) is 5.69 Å². The van der Waals surface area contributed by atoms with E-state index in [0.717, 1.165) is 0 Å². The van der Waals surface area contributed by atoms with Gasteiger partial charge in [-0.1, -0.05) is 39.0 Å². The maximum absolute atomic E-state index is 13.8. The lowest BCUT2D eigenvalue weighted by Gasteiger charge is -2.44. The van der Waals surface area contributed by atoms with Crippen LogP contribution in [0.2, 0.25) is 0 Å². The van der Waals surface area contributed by atoms with E-state index < -0.39 is 12.7 Å². The third-order valence-corrected chi connectivity index (χ3v) is 7.97. The molecular weight excluding hydrogens is 387 g/mol. The number of benzene rings is 1. The number of carbonyl (C=O) groups excluding carboxylic acids is 1. The second-order valence-corrected chi connectivity index (χ2v) is 12.8. The minimum Gasteiger partial charge on any atom is -0.316 e. The standard InChI is InChI=1S/C21H33N4O3P/c1-20(2,3)16-28-29(27,21(4,5)6)25-13-11-24(12-14-25)23-19(26)17-9-8-10-18(15-17)22-7/h8-10,15H,11-14,16H2,1-6H3,(H,23,26). The van der Waals surface area contributed by atoms with Crippen molar-refractivity contribution in [2.75, 3.05) is 32.8 Å². The van der Waals surface area contributed by atoms with Crippen molar-refractivity contribution in [1.29, 1.82) is 0 Å². The molecule has 2 rings (SSSR count). The van der Waals surface area contributed by atoms with Gasteiger partial charge in [-0.3, -0.25) is 14.8 Å². The van der Waals surface area contributed by atoms with Crippen LogP contribution < -0.4 is 5.43 Å². The highest BCUT2D eigenvalue weighted by atomic mass is 31.2. The second-order valence-electron chi connectivity index (χ2n) is 9.57. The highest BCUT2D eigenvalue weighted by Crippen LogP contribution is 2.62. The number of rotatable bonds is 5. The van der Waals surface area contributed by atoms with Crippen LogP contribution in [0.15, 0.2) is 24.3 Å². The Balaban J connectivity index is 2.01. The first-order valence-electron chi connectivity index (χ1n) is 9.89. The number of nitrogens with one attached hydrogen (secondary N) is 1. The van der Waals surface area contributed by atoms with Crippen LogP contribution in [0.4, 0.5) is 5.69 Å². The van der Waals surface area contributed by atoms with E-state index in [1.54, 1.807) is 24.3 Å². The quantitative estimate of drug-likeness (QED) is 0.559. The zero-order chi connectivity index (χ0) is 21.9. The predicted molar refractivity (Wildman–Crippen MR) is 116 cm³/mol. The van der Waals surface area contributed by atoms with Crippen molar-refractivity contribution in [3.05, 3.63) is 41.2 Å². The van der Waals surface area contributed by atoms with Gasteiger partial charge in [0.1, 0.15) is 0 Å². The monoisotopic (exact) mass is 420 g/mol. The summed E-state index contributed by atoms with van der Waals surface area (Å²) >= 11 is 0. The lowest BCUT2D eigenvalue weighted by molar-refractivity contribution is 0.0685. The normalized spacial score (nSPS) is 18.7. The molecule has 160 valence electrons. The van der Waals surface area contributed by atoms with Gasteiger partial charge in [0.05, 0.1) is 18.3 Å². The lowest BCUT2D eigenvalue weighted by atomic mass is 9.99. The van der Waals surface area contributed by atoms with Crippen LogP contribution in [0.1, 0.15) is 51.9 Å². The summed E-state index contributed by atoms with van der Waals surface area (Å²) in [7, 11) is -3.04. The van der Waals surface area contributed by atoms with Crippen molar-refractivity contribution in [2.45, 2.75) is 46.7 Å². The van der Waals surface area contributed by atoms with E-state index >= 15 is 0 Å². The third kappa shape index (κ3) is 6.13. The Labute approximate surface area is 174 Å². The van der Waals surface area contributed by atoms with E-state index in [4.69, 9.17) is 11.1 Å². The minimum absolute atomic E-state index is 0.0728. The van der Waals surface area contributed by atoms with Gasteiger partial charge in [0, 0.05) is 31.7 Å². The molecule has 29 heavy (non-hydrogen) atoms. The molecule has 1 aromatic rings. The van der Waals surface area contributed by atoms with Gasteiger partial charge < -0.3 is 4.52 Å². The Kier molecular flexibility index (Phi) is 7.29. The molecule has 1 aliphatic rings. The minimum atomic E-state index is -3.04. The highest BCUT2D eigenvalue weighted by molar-refractivity contribution is 7.58. The predicted octanol–water partition coefficient (Wildman–Crippen LogP) is 4.55. The van der Waals surface area contributed by atoms with E-state index in [-0.39, 0.29) is 11.3 Å². The van der Waals surface area contributed by atoms with Gasteiger partial charge in [-0.2, -0.15) is 0 Å². The smallest absolute Gasteiger partial charge is 0.277 e. The molecule has 8 heteroatoms. The molecule has 1 atom stereocenters. The van der Waals surface area contributed by atoms with Gasteiger partial charge in [-0.05, 0) is 32.3 Å². The van der Waals surface area contributed by atoms with Gasteiger partial charge >= 0.3 is 0 Å². The highest BCUT2D eigenvalue weighted by Gasteiger charge is 2.45. The van der Waals surface area contributed by atoms with Crippen LogP contribution in [0, 0.1) is 12.0 Å². The van der Waals surface area contributed by atoms with Gasteiger partial charge in [-0.25, -0.2) is 14.5 Å².